The third kappa shape index (κ3) is 3.98. The molecular weight excluding hydrogens is 336 g/mol. The molecule has 4 rings (SSSR count). The van der Waals surface area contributed by atoms with Crippen LogP contribution in [0, 0.1) is 23.7 Å². The monoisotopic (exact) mass is 368 g/mol. The van der Waals surface area contributed by atoms with E-state index in [0.29, 0.717) is 25.4 Å². The van der Waals surface area contributed by atoms with Crippen LogP contribution in [0.3, 0.4) is 0 Å². The van der Waals surface area contributed by atoms with Crippen LogP contribution in [0.1, 0.15) is 65.7 Å². The molecule has 148 valence electrons. The number of rotatable bonds is 5. The highest BCUT2D eigenvalue weighted by Gasteiger charge is 2.48. The first-order valence-electron chi connectivity index (χ1n) is 9.93. The Morgan fingerprint density at radius 3 is 2.46 bits per heavy atom. The van der Waals surface area contributed by atoms with Gasteiger partial charge in [-0.05, 0) is 44.9 Å². The number of allylic oxidation sites excluding steroid dienone is 1. The molecule has 0 aromatic heterocycles. The molecule has 6 nitrogen and oxygen atoms in total. The van der Waals surface area contributed by atoms with Crippen molar-refractivity contribution in [1.29, 1.82) is 0 Å². The van der Waals surface area contributed by atoms with Gasteiger partial charge in [0.15, 0.2) is 5.79 Å². The minimum atomic E-state index is -1.48. The van der Waals surface area contributed by atoms with Gasteiger partial charge >= 0.3 is 5.97 Å². The highest BCUT2D eigenvalue weighted by atomic mass is 17.2. The highest BCUT2D eigenvalue weighted by molar-refractivity contribution is 5.72. The summed E-state index contributed by atoms with van der Waals surface area (Å²) in [7, 11) is 0. The Balaban J connectivity index is 1.59. The van der Waals surface area contributed by atoms with E-state index < -0.39 is 11.6 Å². The summed E-state index contributed by atoms with van der Waals surface area (Å²) in [5.74, 6) is -3.08. The number of esters is 1. The summed E-state index contributed by atoms with van der Waals surface area (Å²) in [4.78, 5) is 22.8. The van der Waals surface area contributed by atoms with Crippen molar-refractivity contribution in [2.45, 2.75) is 77.3 Å². The Morgan fingerprint density at radius 2 is 1.85 bits per heavy atom. The van der Waals surface area contributed by atoms with Gasteiger partial charge in [0.2, 0.25) is 5.79 Å². The van der Waals surface area contributed by atoms with E-state index in [1.807, 2.05) is 13.8 Å². The molecule has 2 bridgehead atoms. The Kier molecular flexibility index (Phi) is 5.78. The molecule has 0 saturated heterocycles. The summed E-state index contributed by atoms with van der Waals surface area (Å²) in [5, 5.41) is 21.8. The smallest absolute Gasteiger partial charge is 0.308 e. The predicted octanol–water partition coefficient (Wildman–Crippen LogP) is 3.08. The summed E-state index contributed by atoms with van der Waals surface area (Å²) in [6, 6.07) is 0. The van der Waals surface area contributed by atoms with Crippen LogP contribution in [0.2, 0.25) is 0 Å². The van der Waals surface area contributed by atoms with Crippen LogP contribution in [-0.4, -0.2) is 34.4 Å². The topological polar surface area (TPSA) is 85.2 Å². The zero-order valence-electron chi connectivity index (χ0n) is 16.1. The molecule has 2 saturated carbocycles. The van der Waals surface area contributed by atoms with Crippen molar-refractivity contribution in [3.8, 4) is 0 Å². The Bertz CT molecular complexity index is 543. The van der Waals surface area contributed by atoms with Gasteiger partial charge in [0.25, 0.3) is 0 Å². The zero-order valence-corrected chi connectivity index (χ0v) is 16.1. The summed E-state index contributed by atoms with van der Waals surface area (Å²) in [6.45, 7) is 6.04. The molecule has 0 spiro atoms. The van der Waals surface area contributed by atoms with E-state index in [0.717, 1.165) is 19.3 Å². The summed E-state index contributed by atoms with van der Waals surface area (Å²) in [5.41, 5.74) is 1.37. The number of aliphatic hydroxyl groups is 2. The Morgan fingerprint density at radius 1 is 1.19 bits per heavy atom. The molecule has 26 heavy (non-hydrogen) atoms. The summed E-state index contributed by atoms with van der Waals surface area (Å²) >= 11 is 0. The second kappa shape index (κ2) is 7.58. The van der Waals surface area contributed by atoms with Gasteiger partial charge in [-0.3, -0.25) is 4.79 Å². The predicted molar refractivity (Wildman–Crippen MR) is 94.4 cm³/mol. The summed E-state index contributed by atoms with van der Waals surface area (Å²) in [6.07, 6.45) is 6.71. The fourth-order valence-electron chi connectivity index (χ4n) is 4.53. The molecule has 0 aromatic rings. The van der Waals surface area contributed by atoms with Gasteiger partial charge in [-0.25, -0.2) is 0 Å². The molecule has 0 heterocycles. The largest absolute Gasteiger partial charge is 0.466 e. The average molecular weight is 368 g/mol. The highest BCUT2D eigenvalue weighted by Crippen LogP contribution is 2.47. The number of hydrogen-bond acceptors (Lipinski definition) is 6. The van der Waals surface area contributed by atoms with Gasteiger partial charge in [0.1, 0.15) is 0 Å². The van der Waals surface area contributed by atoms with Crippen LogP contribution in [0.15, 0.2) is 11.6 Å². The number of hydrogen-bond donors (Lipinski definition) is 2. The lowest BCUT2D eigenvalue weighted by Gasteiger charge is -2.45. The van der Waals surface area contributed by atoms with Gasteiger partial charge < -0.3 is 14.9 Å². The number of ether oxygens (including phenoxy) is 1. The van der Waals surface area contributed by atoms with Crippen molar-refractivity contribution >= 4 is 5.97 Å². The molecule has 0 amide bonds. The molecule has 4 aliphatic rings. The quantitative estimate of drug-likeness (QED) is 0.255. The first-order chi connectivity index (χ1) is 12.3. The van der Waals surface area contributed by atoms with Crippen molar-refractivity contribution in [2.75, 3.05) is 6.61 Å². The minimum absolute atomic E-state index is 0.0972. The maximum Gasteiger partial charge on any atom is 0.308 e. The van der Waals surface area contributed by atoms with E-state index >= 15 is 0 Å². The lowest BCUT2D eigenvalue weighted by molar-refractivity contribution is -0.513. The van der Waals surface area contributed by atoms with Crippen molar-refractivity contribution < 1.29 is 29.5 Å². The van der Waals surface area contributed by atoms with Gasteiger partial charge in [-0.1, -0.05) is 25.5 Å². The second-order valence-electron chi connectivity index (χ2n) is 8.42. The second-order valence-corrected chi connectivity index (χ2v) is 8.42. The molecule has 0 radical (unpaired) electrons. The molecular formula is C20H32O6. The van der Waals surface area contributed by atoms with E-state index in [9.17, 15) is 15.0 Å². The van der Waals surface area contributed by atoms with E-state index in [1.165, 1.54) is 5.57 Å². The van der Waals surface area contributed by atoms with E-state index in [-0.39, 0.29) is 36.6 Å². The van der Waals surface area contributed by atoms with E-state index in [2.05, 4.69) is 6.08 Å². The Hall–Kier alpha value is -0.950. The molecule has 6 heteroatoms. The van der Waals surface area contributed by atoms with Gasteiger partial charge in [-0.15, -0.1) is 0 Å². The van der Waals surface area contributed by atoms with Crippen molar-refractivity contribution in [3.05, 3.63) is 11.6 Å². The number of fused-ring (bicyclic) bond motifs is 4. The molecule has 0 aromatic carbocycles. The van der Waals surface area contributed by atoms with Crippen LogP contribution in [0.4, 0.5) is 0 Å². The standard InChI is InChI=1S/C20H32O6/c1-4-24-18(21)17-5-7-19(22,8-6-17)25-26-20(23)13(2)9-15-11-16(12-15)10-14(20)3/h9,13-14,16-17,22-23H,4-8,10-12H2,1-3H3. The molecule has 3 unspecified atom stereocenters. The van der Waals surface area contributed by atoms with Gasteiger partial charge in [0, 0.05) is 24.7 Å². The number of carbonyl (C=O) groups is 1. The maximum atomic E-state index is 11.8. The minimum Gasteiger partial charge on any atom is -0.466 e. The molecule has 2 N–H and O–H groups in total. The average Bonchev–Trinajstić information content (AvgIpc) is 2.57. The van der Waals surface area contributed by atoms with E-state index in [1.54, 1.807) is 6.92 Å². The van der Waals surface area contributed by atoms with Gasteiger partial charge in [-0.2, -0.15) is 9.78 Å². The van der Waals surface area contributed by atoms with Crippen LogP contribution in [0.5, 0.6) is 0 Å². The fraction of sp³-hybridized carbons (Fsp3) is 0.850. The third-order valence-corrected chi connectivity index (χ3v) is 6.35. The first kappa shape index (κ1) is 19.8. The van der Waals surface area contributed by atoms with Crippen molar-refractivity contribution in [2.24, 2.45) is 23.7 Å². The lowest BCUT2D eigenvalue weighted by Crippen LogP contribution is -2.50. The van der Waals surface area contributed by atoms with Crippen LogP contribution in [-0.2, 0) is 19.3 Å². The fourth-order valence-corrected chi connectivity index (χ4v) is 4.53. The van der Waals surface area contributed by atoms with E-state index in [4.69, 9.17) is 14.5 Å². The molecule has 3 atom stereocenters. The lowest BCUT2D eigenvalue weighted by atomic mass is 9.68. The SMILES string of the molecule is CCOC(=O)C1CCC(O)(OOC2(O)C(C)C=C3CC(C3)CC2C)CC1. The van der Waals surface area contributed by atoms with Crippen LogP contribution < -0.4 is 0 Å². The zero-order chi connectivity index (χ0) is 18.9. The van der Waals surface area contributed by atoms with Crippen LogP contribution in [0.25, 0.3) is 0 Å². The number of carbonyl (C=O) groups excluding carboxylic acids is 1. The first-order valence-corrected chi connectivity index (χ1v) is 9.93. The van der Waals surface area contributed by atoms with Crippen molar-refractivity contribution in [3.63, 3.8) is 0 Å². The van der Waals surface area contributed by atoms with Crippen LogP contribution >= 0.6 is 0 Å². The third-order valence-electron chi connectivity index (χ3n) is 6.35. The molecule has 2 fully saturated rings. The molecule has 4 aliphatic carbocycles. The Labute approximate surface area is 155 Å². The molecule has 0 aliphatic heterocycles. The summed E-state index contributed by atoms with van der Waals surface area (Å²) < 4.78 is 5.05. The normalized spacial score (nSPS) is 42.9. The van der Waals surface area contributed by atoms with Crippen molar-refractivity contribution in [1.82, 2.24) is 0 Å². The van der Waals surface area contributed by atoms with Gasteiger partial charge in [0.05, 0.1) is 12.5 Å². The maximum absolute atomic E-state index is 11.8.